The number of aromatic hydroxyl groups is 2. The molecule has 0 bridgehead atoms. The number of hydrogen-bond acceptors (Lipinski definition) is 4. The first-order valence-corrected chi connectivity index (χ1v) is 5.98. The summed E-state index contributed by atoms with van der Waals surface area (Å²) in [6, 6.07) is 11.2. The fourth-order valence-corrected chi connectivity index (χ4v) is 1.71. The van der Waals surface area contributed by atoms with Gasteiger partial charge in [0.15, 0.2) is 0 Å². The summed E-state index contributed by atoms with van der Waals surface area (Å²) in [5, 5.41) is 19.0. The molecule has 0 aromatic heterocycles. The van der Waals surface area contributed by atoms with Crippen molar-refractivity contribution in [2.24, 2.45) is 0 Å². The smallest absolute Gasteiger partial charge is 0.337 e. The Bertz CT molecular complexity index is 642. The molecule has 2 aromatic carbocycles. The summed E-state index contributed by atoms with van der Waals surface area (Å²) >= 11 is 0. The fourth-order valence-electron chi connectivity index (χ4n) is 1.71. The van der Waals surface area contributed by atoms with Crippen LogP contribution in [0.25, 0.3) is 12.2 Å². The first kappa shape index (κ1) is 13.7. The van der Waals surface area contributed by atoms with E-state index in [4.69, 9.17) is 0 Å². The molecule has 0 radical (unpaired) electrons. The number of ether oxygens (including phenoxy) is 1. The second kappa shape index (κ2) is 5.93. The summed E-state index contributed by atoms with van der Waals surface area (Å²) in [7, 11) is 1.33. The van der Waals surface area contributed by atoms with Crippen LogP contribution < -0.4 is 0 Å². The summed E-state index contributed by atoms with van der Waals surface area (Å²) in [5.74, 6) is -0.208. The van der Waals surface area contributed by atoms with Crippen LogP contribution in [0, 0.1) is 0 Å². The average Bonchev–Trinajstić information content (AvgIpc) is 2.48. The van der Waals surface area contributed by atoms with E-state index in [0.717, 1.165) is 5.56 Å². The Kier molecular flexibility index (Phi) is 4.05. The number of rotatable bonds is 3. The normalized spacial score (nSPS) is 10.7. The molecule has 2 aromatic rings. The average molecular weight is 270 g/mol. The van der Waals surface area contributed by atoms with Crippen LogP contribution in [-0.4, -0.2) is 23.3 Å². The summed E-state index contributed by atoms with van der Waals surface area (Å²) in [6.45, 7) is 0. The number of methoxy groups -OCH3 is 1. The van der Waals surface area contributed by atoms with Gasteiger partial charge in [-0.1, -0.05) is 24.3 Å². The first-order valence-electron chi connectivity index (χ1n) is 5.98. The van der Waals surface area contributed by atoms with Crippen LogP contribution in [0.2, 0.25) is 0 Å². The number of benzene rings is 2. The molecule has 0 atom stereocenters. The molecular weight excluding hydrogens is 256 g/mol. The maximum Gasteiger partial charge on any atom is 0.337 e. The van der Waals surface area contributed by atoms with Gasteiger partial charge in [0, 0.05) is 5.56 Å². The molecule has 0 aliphatic carbocycles. The number of esters is 1. The highest BCUT2D eigenvalue weighted by Crippen LogP contribution is 2.24. The van der Waals surface area contributed by atoms with Crippen molar-refractivity contribution in [1.82, 2.24) is 0 Å². The minimum atomic E-state index is -0.383. The molecule has 0 heterocycles. The van der Waals surface area contributed by atoms with Crippen LogP contribution in [0.1, 0.15) is 21.5 Å². The van der Waals surface area contributed by atoms with Gasteiger partial charge in [0.2, 0.25) is 0 Å². The minimum Gasteiger partial charge on any atom is -0.508 e. The van der Waals surface area contributed by atoms with Gasteiger partial charge in [0.05, 0.1) is 12.7 Å². The lowest BCUT2D eigenvalue weighted by atomic mass is 10.1. The minimum absolute atomic E-state index is 0.0866. The largest absolute Gasteiger partial charge is 0.508 e. The van der Waals surface area contributed by atoms with E-state index < -0.39 is 0 Å². The SMILES string of the molecule is COC(=O)c1ccc(/C=C/c2cc(O)ccc2O)cc1. The maximum absolute atomic E-state index is 11.3. The van der Waals surface area contributed by atoms with Gasteiger partial charge < -0.3 is 14.9 Å². The maximum atomic E-state index is 11.3. The van der Waals surface area contributed by atoms with Crippen molar-refractivity contribution in [3.05, 3.63) is 59.2 Å². The fraction of sp³-hybridized carbons (Fsp3) is 0.0625. The van der Waals surface area contributed by atoms with Gasteiger partial charge in [-0.15, -0.1) is 0 Å². The van der Waals surface area contributed by atoms with Crippen LogP contribution in [0.4, 0.5) is 0 Å². The molecule has 0 fully saturated rings. The molecule has 2 rings (SSSR count). The summed E-state index contributed by atoms with van der Waals surface area (Å²) in [5.41, 5.74) is 1.85. The molecule has 0 aliphatic heterocycles. The van der Waals surface area contributed by atoms with Crippen LogP contribution in [0.15, 0.2) is 42.5 Å². The van der Waals surface area contributed by atoms with E-state index in [1.807, 2.05) is 0 Å². The standard InChI is InChI=1S/C16H14O4/c1-20-16(19)12-5-2-11(3-6-12)4-7-13-10-14(17)8-9-15(13)18/h2-10,17-18H,1H3/b7-4+. The van der Waals surface area contributed by atoms with Crippen molar-refractivity contribution < 1.29 is 19.7 Å². The predicted molar refractivity (Wildman–Crippen MR) is 76.5 cm³/mol. The molecule has 2 N–H and O–H groups in total. The molecule has 4 heteroatoms. The molecule has 0 amide bonds. The number of carbonyl (C=O) groups excluding carboxylic acids is 1. The van der Waals surface area contributed by atoms with E-state index in [1.54, 1.807) is 36.4 Å². The van der Waals surface area contributed by atoms with E-state index in [9.17, 15) is 15.0 Å². The van der Waals surface area contributed by atoms with Gasteiger partial charge in [0.25, 0.3) is 0 Å². The lowest BCUT2D eigenvalue weighted by molar-refractivity contribution is 0.0600. The highest BCUT2D eigenvalue weighted by atomic mass is 16.5. The number of phenols is 2. The van der Waals surface area contributed by atoms with Crippen LogP contribution in [0.5, 0.6) is 11.5 Å². The van der Waals surface area contributed by atoms with Crippen molar-refractivity contribution in [3.63, 3.8) is 0 Å². The Balaban J connectivity index is 2.19. The summed E-state index contributed by atoms with van der Waals surface area (Å²) in [4.78, 5) is 11.3. The number of carbonyl (C=O) groups is 1. The van der Waals surface area contributed by atoms with E-state index >= 15 is 0 Å². The Morgan fingerprint density at radius 3 is 2.40 bits per heavy atom. The van der Waals surface area contributed by atoms with Gasteiger partial charge in [-0.05, 0) is 35.9 Å². The van der Waals surface area contributed by atoms with Crippen molar-refractivity contribution in [3.8, 4) is 11.5 Å². The monoisotopic (exact) mass is 270 g/mol. The van der Waals surface area contributed by atoms with E-state index in [2.05, 4.69) is 4.74 Å². The number of hydrogen-bond donors (Lipinski definition) is 2. The Morgan fingerprint density at radius 1 is 1.05 bits per heavy atom. The molecule has 0 aliphatic rings. The van der Waals surface area contributed by atoms with Crippen LogP contribution >= 0.6 is 0 Å². The Labute approximate surface area is 116 Å². The zero-order chi connectivity index (χ0) is 14.5. The molecule has 102 valence electrons. The van der Waals surface area contributed by atoms with Gasteiger partial charge in [-0.25, -0.2) is 4.79 Å². The molecular formula is C16H14O4. The van der Waals surface area contributed by atoms with E-state index in [-0.39, 0.29) is 17.5 Å². The second-order valence-electron chi connectivity index (χ2n) is 4.19. The van der Waals surface area contributed by atoms with Gasteiger partial charge in [-0.3, -0.25) is 0 Å². The summed E-state index contributed by atoms with van der Waals surface area (Å²) in [6.07, 6.45) is 3.46. The quantitative estimate of drug-likeness (QED) is 0.511. The molecule has 0 saturated heterocycles. The molecule has 0 unspecified atom stereocenters. The van der Waals surface area contributed by atoms with Crippen LogP contribution in [-0.2, 0) is 4.74 Å². The van der Waals surface area contributed by atoms with E-state index in [1.165, 1.54) is 25.3 Å². The molecule has 4 nitrogen and oxygen atoms in total. The second-order valence-corrected chi connectivity index (χ2v) is 4.19. The van der Waals surface area contributed by atoms with Crippen molar-refractivity contribution in [1.29, 1.82) is 0 Å². The number of phenolic OH excluding ortho intramolecular Hbond substituents is 2. The highest BCUT2D eigenvalue weighted by molar-refractivity contribution is 5.89. The van der Waals surface area contributed by atoms with Crippen molar-refractivity contribution in [2.75, 3.05) is 7.11 Å². The summed E-state index contributed by atoms with van der Waals surface area (Å²) < 4.78 is 4.62. The third kappa shape index (κ3) is 3.17. The van der Waals surface area contributed by atoms with Crippen molar-refractivity contribution in [2.45, 2.75) is 0 Å². The molecule has 20 heavy (non-hydrogen) atoms. The van der Waals surface area contributed by atoms with Crippen molar-refractivity contribution >= 4 is 18.1 Å². The zero-order valence-electron chi connectivity index (χ0n) is 10.9. The Morgan fingerprint density at radius 2 is 1.75 bits per heavy atom. The van der Waals surface area contributed by atoms with Gasteiger partial charge >= 0.3 is 5.97 Å². The van der Waals surface area contributed by atoms with Gasteiger partial charge in [0.1, 0.15) is 11.5 Å². The van der Waals surface area contributed by atoms with E-state index in [0.29, 0.717) is 11.1 Å². The van der Waals surface area contributed by atoms with Gasteiger partial charge in [-0.2, -0.15) is 0 Å². The molecule has 0 spiro atoms. The predicted octanol–water partition coefficient (Wildman–Crippen LogP) is 3.05. The lowest BCUT2D eigenvalue weighted by Gasteiger charge is -2.01. The topological polar surface area (TPSA) is 66.8 Å². The molecule has 0 saturated carbocycles. The highest BCUT2D eigenvalue weighted by Gasteiger charge is 2.03. The Hall–Kier alpha value is -2.75. The van der Waals surface area contributed by atoms with Crippen LogP contribution in [0.3, 0.4) is 0 Å². The lowest BCUT2D eigenvalue weighted by Crippen LogP contribution is -2.00. The third-order valence-corrected chi connectivity index (χ3v) is 2.80. The first-order chi connectivity index (χ1) is 9.60. The zero-order valence-corrected chi connectivity index (χ0v) is 10.9. The third-order valence-electron chi connectivity index (χ3n) is 2.80.